The molecule has 0 bridgehead atoms. The van der Waals surface area contributed by atoms with Gasteiger partial charge in [0.2, 0.25) is 0 Å². The molecule has 0 saturated heterocycles. The number of carbonyl (C=O) groups excluding carboxylic acids is 1. The Balaban J connectivity index is 1.67. The molecule has 0 aliphatic rings. The number of nitrogens with one attached hydrogen (secondary N) is 1. The van der Waals surface area contributed by atoms with E-state index in [4.69, 9.17) is 16.3 Å². The molecule has 1 amide bonds. The molecule has 0 aliphatic carbocycles. The number of hydrogen-bond acceptors (Lipinski definition) is 4. The fourth-order valence-electron chi connectivity index (χ4n) is 2.72. The average molecular weight is 455 g/mol. The van der Waals surface area contributed by atoms with Crippen LogP contribution in [0.3, 0.4) is 0 Å². The second kappa shape index (κ2) is 9.06. The van der Waals surface area contributed by atoms with E-state index in [9.17, 15) is 18.0 Å². The zero-order chi connectivity index (χ0) is 21.9. The van der Waals surface area contributed by atoms with E-state index in [0.717, 1.165) is 17.7 Å². The Labute approximate surface area is 180 Å². The molecule has 1 N–H and O–H groups in total. The molecule has 30 heavy (non-hydrogen) atoms. The van der Waals surface area contributed by atoms with Crippen LogP contribution >= 0.6 is 22.9 Å². The molecule has 0 unspecified atom stereocenters. The molecule has 9 heteroatoms. The lowest BCUT2D eigenvalue weighted by atomic mass is 10.1. The van der Waals surface area contributed by atoms with Crippen molar-refractivity contribution in [3.8, 4) is 5.75 Å². The predicted molar refractivity (Wildman–Crippen MR) is 111 cm³/mol. The maximum absolute atomic E-state index is 13.0. The average Bonchev–Trinajstić information content (AvgIpc) is 3.00. The van der Waals surface area contributed by atoms with Crippen molar-refractivity contribution in [2.75, 3.05) is 11.9 Å². The second-order valence-corrected chi connectivity index (χ2v) is 8.10. The minimum Gasteiger partial charge on any atom is -0.483 e. The van der Waals surface area contributed by atoms with Crippen molar-refractivity contribution in [1.29, 1.82) is 0 Å². The number of para-hydroxylation sites is 1. The van der Waals surface area contributed by atoms with Gasteiger partial charge in [0, 0.05) is 16.3 Å². The number of hydrogen-bond donors (Lipinski definition) is 1. The van der Waals surface area contributed by atoms with Gasteiger partial charge < -0.3 is 4.74 Å². The Morgan fingerprint density at radius 2 is 1.93 bits per heavy atom. The van der Waals surface area contributed by atoms with Crippen molar-refractivity contribution in [1.82, 2.24) is 4.98 Å². The van der Waals surface area contributed by atoms with Crippen molar-refractivity contribution in [3.05, 3.63) is 74.7 Å². The van der Waals surface area contributed by atoms with Gasteiger partial charge in [-0.05, 0) is 49.2 Å². The van der Waals surface area contributed by atoms with Crippen LogP contribution in [0.15, 0.2) is 42.5 Å². The maximum Gasteiger partial charge on any atom is 0.416 e. The maximum atomic E-state index is 13.0. The Hall–Kier alpha value is -2.58. The van der Waals surface area contributed by atoms with Crippen molar-refractivity contribution in [3.63, 3.8) is 0 Å². The summed E-state index contributed by atoms with van der Waals surface area (Å²) in [6.45, 7) is 3.42. The topological polar surface area (TPSA) is 51.2 Å². The van der Waals surface area contributed by atoms with Gasteiger partial charge in [0.1, 0.15) is 5.75 Å². The van der Waals surface area contributed by atoms with Gasteiger partial charge in [0.05, 0.1) is 11.3 Å². The standard InChI is InChI=1S/C21H18ClF3N2O2S/c1-12-5-3-4-6-17(12)29-11-19(28)27-20-26-13(2)18(30-20)10-14-9-15(21(23,24)25)7-8-16(14)22/h3-9H,10-11H2,1-2H3,(H,26,27,28). The highest BCUT2D eigenvalue weighted by Crippen LogP contribution is 2.34. The van der Waals surface area contributed by atoms with E-state index in [1.807, 2.05) is 25.1 Å². The summed E-state index contributed by atoms with van der Waals surface area (Å²) in [7, 11) is 0. The number of rotatable bonds is 6. The number of benzene rings is 2. The zero-order valence-corrected chi connectivity index (χ0v) is 17.7. The molecular weight excluding hydrogens is 437 g/mol. The van der Waals surface area contributed by atoms with Crippen molar-refractivity contribution in [2.24, 2.45) is 0 Å². The van der Waals surface area contributed by atoms with Gasteiger partial charge in [-0.15, -0.1) is 11.3 Å². The van der Waals surface area contributed by atoms with Gasteiger partial charge in [-0.3, -0.25) is 10.1 Å². The fourth-order valence-corrected chi connectivity index (χ4v) is 3.91. The Kier molecular flexibility index (Phi) is 6.67. The van der Waals surface area contributed by atoms with Crippen molar-refractivity contribution < 1.29 is 22.7 Å². The van der Waals surface area contributed by atoms with Crippen LogP contribution in [0.25, 0.3) is 0 Å². The third kappa shape index (κ3) is 5.52. The summed E-state index contributed by atoms with van der Waals surface area (Å²) >= 11 is 7.27. The second-order valence-electron chi connectivity index (χ2n) is 6.61. The number of anilines is 1. The predicted octanol–water partition coefficient (Wildman–Crippen LogP) is 6.04. The largest absolute Gasteiger partial charge is 0.483 e. The van der Waals surface area contributed by atoms with E-state index < -0.39 is 11.7 Å². The molecule has 2 aromatic carbocycles. The van der Waals surface area contributed by atoms with Gasteiger partial charge in [-0.2, -0.15) is 13.2 Å². The fraction of sp³-hybridized carbons (Fsp3) is 0.238. The first kappa shape index (κ1) is 22.1. The molecular formula is C21H18ClF3N2O2S. The summed E-state index contributed by atoms with van der Waals surface area (Å²) in [6, 6.07) is 10.6. The van der Waals surface area contributed by atoms with Crippen molar-refractivity contribution in [2.45, 2.75) is 26.4 Å². The first-order chi connectivity index (χ1) is 14.1. The van der Waals surface area contributed by atoms with Crippen molar-refractivity contribution >= 4 is 34.0 Å². The molecule has 158 valence electrons. The van der Waals surface area contributed by atoms with Crippen LogP contribution in [-0.4, -0.2) is 17.5 Å². The summed E-state index contributed by atoms with van der Waals surface area (Å²) in [4.78, 5) is 17.2. The number of nitrogens with zero attached hydrogens (tertiary/aromatic N) is 1. The highest BCUT2D eigenvalue weighted by molar-refractivity contribution is 7.15. The summed E-state index contributed by atoms with van der Waals surface area (Å²) < 4.78 is 44.4. The van der Waals surface area contributed by atoms with Crippen LogP contribution in [0.4, 0.5) is 18.3 Å². The highest BCUT2D eigenvalue weighted by Gasteiger charge is 2.31. The Bertz CT molecular complexity index is 1070. The van der Waals surface area contributed by atoms with E-state index in [1.165, 1.54) is 17.4 Å². The van der Waals surface area contributed by atoms with Crippen LogP contribution in [0.2, 0.25) is 5.02 Å². The first-order valence-corrected chi connectivity index (χ1v) is 10.1. The Morgan fingerprint density at radius 3 is 2.63 bits per heavy atom. The molecule has 3 rings (SSSR count). The molecule has 1 aromatic heterocycles. The molecule has 0 spiro atoms. The third-order valence-corrected chi connectivity index (χ3v) is 5.76. The molecule has 4 nitrogen and oxygen atoms in total. The molecule has 0 fully saturated rings. The molecule has 0 aliphatic heterocycles. The normalized spacial score (nSPS) is 11.4. The van der Waals surface area contributed by atoms with E-state index in [1.54, 1.807) is 13.0 Å². The number of aromatic nitrogens is 1. The summed E-state index contributed by atoms with van der Waals surface area (Å²) in [5.74, 6) is 0.235. The van der Waals surface area contributed by atoms with Gasteiger partial charge in [-0.25, -0.2) is 4.98 Å². The van der Waals surface area contributed by atoms with E-state index in [0.29, 0.717) is 27.0 Å². The number of alkyl halides is 3. The van der Waals surface area contributed by atoms with Gasteiger partial charge in [0.25, 0.3) is 5.91 Å². The smallest absolute Gasteiger partial charge is 0.416 e. The third-order valence-electron chi connectivity index (χ3n) is 4.32. The van der Waals surface area contributed by atoms with E-state index in [2.05, 4.69) is 10.3 Å². The minimum atomic E-state index is -4.45. The van der Waals surface area contributed by atoms with Crippen LogP contribution in [-0.2, 0) is 17.4 Å². The number of halogens is 4. The summed E-state index contributed by atoms with van der Waals surface area (Å²) in [5, 5.41) is 3.25. The van der Waals surface area contributed by atoms with Gasteiger partial charge >= 0.3 is 6.18 Å². The minimum absolute atomic E-state index is 0.182. The monoisotopic (exact) mass is 454 g/mol. The summed E-state index contributed by atoms with van der Waals surface area (Å²) in [6.07, 6.45) is -4.26. The van der Waals surface area contributed by atoms with E-state index >= 15 is 0 Å². The van der Waals surface area contributed by atoms with Gasteiger partial charge in [0.15, 0.2) is 11.7 Å². The van der Waals surface area contributed by atoms with Crippen LogP contribution in [0.1, 0.15) is 27.3 Å². The number of amides is 1. The lowest BCUT2D eigenvalue weighted by Gasteiger charge is -2.10. The Morgan fingerprint density at radius 1 is 1.20 bits per heavy atom. The molecule has 0 radical (unpaired) electrons. The van der Waals surface area contributed by atoms with E-state index in [-0.39, 0.29) is 24.0 Å². The molecule has 3 aromatic rings. The lowest BCUT2D eigenvalue weighted by Crippen LogP contribution is -2.20. The molecule has 0 atom stereocenters. The number of carbonyl (C=O) groups is 1. The number of aryl methyl sites for hydroxylation is 2. The first-order valence-electron chi connectivity index (χ1n) is 8.93. The highest BCUT2D eigenvalue weighted by atomic mass is 35.5. The SMILES string of the molecule is Cc1ccccc1OCC(=O)Nc1nc(C)c(Cc2cc(C(F)(F)F)ccc2Cl)s1. The zero-order valence-electron chi connectivity index (χ0n) is 16.1. The quantitative estimate of drug-likeness (QED) is 0.494. The number of ether oxygens (including phenoxy) is 1. The van der Waals surface area contributed by atoms with Crippen LogP contribution < -0.4 is 10.1 Å². The number of thiazole rings is 1. The molecule has 1 heterocycles. The lowest BCUT2D eigenvalue weighted by molar-refractivity contribution is -0.137. The molecule has 0 saturated carbocycles. The van der Waals surface area contributed by atoms with Crippen LogP contribution in [0.5, 0.6) is 5.75 Å². The van der Waals surface area contributed by atoms with Gasteiger partial charge in [-0.1, -0.05) is 29.8 Å². The van der Waals surface area contributed by atoms with Crippen LogP contribution in [0, 0.1) is 13.8 Å². The summed E-state index contributed by atoms with van der Waals surface area (Å²) in [5.41, 5.74) is 1.11.